The lowest BCUT2D eigenvalue weighted by Gasteiger charge is -2.21. The van der Waals surface area contributed by atoms with Crippen LogP contribution in [-0.4, -0.2) is 41.9 Å². The monoisotopic (exact) mass is 454 g/mol. The molecule has 172 valence electrons. The Morgan fingerprint density at radius 2 is 2.06 bits per heavy atom. The fourth-order valence-electron chi connectivity index (χ4n) is 4.15. The normalized spacial score (nSPS) is 16.3. The van der Waals surface area contributed by atoms with E-state index in [1.54, 1.807) is 37.6 Å². The van der Waals surface area contributed by atoms with Crippen LogP contribution in [0.2, 0.25) is 0 Å². The number of hydrogen-bond acceptors (Lipinski definition) is 8. The van der Waals surface area contributed by atoms with E-state index in [1.807, 2.05) is 19.1 Å². The molecule has 0 fully saturated rings. The van der Waals surface area contributed by atoms with E-state index in [4.69, 9.17) is 4.74 Å². The first kappa shape index (κ1) is 23.2. The van der Waals surface area contributed by atoms with Gasteiger partial charge in [-0.2, -0.15) is 10.5 Å². The van der Waals surface area contributed by atoms with Gasteiger partial charge in [0.2, 0.25) is 5.95 Å². The van der Waals surface area contributed by atoms with Crippen LogP contribution in [0.3, 0.4) is 0 Å². The maximum atomic E-state index is 9.96. The molecule has 0 amide bonds. The summed E-state index contributed by atoms with van der Waals surface area (Å²) in [5.74, 6) is 0.391. The lowest BCUT2D eigenvalue weighted by Crippen LogP contribution is -2.28. The Morgan fingerprint density at radius 1 is 1.21 bits per heavy atom. The maximum Gasteiger partial charge on any atom is 0.227 e. The van der Waals surface area contributed by atoms with Crippen molar-refractivity contribution in [3.63, 3.8) is 0 Å². The standard InChI is InChI=1S/C26H26N6O2/c1-26(16-33)15-30-24-20(14-28)11-19(12-21(24)26)22-7-8-29-25(31-22)32-23-10-17(13-27)5-6-18(23)4-3-9-34-2/h5-8,10-12,30,33H,3-4,9,15-16H2,1-2H3,(H,29,31,32)/t26-/m1/s1. The highest BCUT2D eigenvalue weighted by Gasteiger charge is 2.35. The van der Waals surface area contributed by atoms with E-state index in [1.165, 1.54) is 0 Å². The molecule has 4 rings (SSSR count). The summed E-state index contributed by atoms with van der Waals surface area (Å²) in [6.07, 6.45) is 3.29. The second-order valence-electron chi connectivity index (χ2n) is 8.60. The van der Waals surface area contributed by atoms with Gasteiger partial charge in [-0.25, -0.2) is 9.97 Å². The number of methoxy groups -OCH3 is 1. The van der Waals surface area contributed by atoms with Crippen molar-refractivity contribution in [1.29, 1.82) is 10.5 Å². The molecule has 0 unspecified atom stereocenters. The molecule has 3 N–H and O–H groups in total. The van der Waals surface area contributed by atoms with Gasteiger partial charge in [0, 0.05) is 43.1 Å². The van der Waals surface area contributed by atoms with Gasteiger partial charge in [-0.3, -0.25) is 0 Å². The van der Waals surface area contributed by atoms with Gasteiger partial charge in [-0.1, -0.05) is 13.0 Å². The van der Waals surface area contributed by atoms with Crippen LogP contribution in [0.5, 0.6) is 0 Å². The lowest BCUT2D eigenvalue weighted by atomic mass is 9.83. The van der Waals surface area contributed by atoms with Gasteiger partial charge in [-0.05, 0) is 54.3 Å². The van der Waals surface area contributed by atoms with Gasteiger partial charge in [-0.15, -0.1) is 0 Å². The van der Waals surface area contributed by atoms with Crippen molar-refractivity contribution in [2.75, 3.05) is 37.5 Å². The molecule has 0 bridgehead atoms. The first-order valence-corrected chi connectivity index (χ1v) is 11.1. The molecule has 3 aromatic rings. The number of aryl methyl sites for hydroxylation is 1. The van der Waals surface area contributed by atoms with Crippen LogP contribution in [0.15, 0.2) is 42.6 Å². The SMILES string of the molecule is COCCCc1ccc(C#N)cc1Nc1nccc(-c2cc(C#N)c3c(c2)[C@@](C)(CO)CN3)n1. The zero-order chi connectivity index (χ0) is 24.1. The van der Waals surface area contributed by atoms with Crippen molar-refractivity contribution in [2.24, 2.45) is 0 Å². The summed E-state index contributed by atoms with van der Waals surface area (Å²) in [6.45, 7) is 3.15. The number of benzene rings is 2. The lowest BCUT2D eigenvalue weighted by molar-refractivity contribution is 0.195. The number of fused-ring (bicyclic) bond motifs is 1. The Balaban J connectivity index is 1.69. The number of ether oxygens (including phenoxy) is 1. The van der Waals surface area contributed by atoms with E-state index in [-0.39, 0.29) is 6.61 Å². The topological polar surface area (TPSA) is 127 Å². The van der Waals surface area contributed by atoms with E-state index in [0.29, 0.717) is 35.9 Å². The third kappa shape index (κ3) is 4.55. The molecule has 2 aromatic carbocycles. The van der Waals surface area contributed by atoms with Gasteiger partial charge in [0.25, 0.3) is 0 Å². The number of hydrogen-bond donors (Lipinski definition) is 3. The summed E-state index contributed by atoms with van der Waals surface area (Å²) in [5.41, 5.74) is 5.50. The Hall–Kier alpha value is -3.98. The summed E-state index contributed by atoms with van der Waals surface area (Å²) in [7, 11) is 1.67. The van der Waals surface area contributed by atoms with E-state index < -0.39 is 5.41 Å². The number of nitriles is 2. The largest absolute Gasteiger partial charge is 0.395 e. The molecule has 0 saturated heterocycles. The van der Waals surface area contributed by atoms with Crippen molar-refractivity contribution in [3.05, 3.63) is 64.8 Å². The Kier molecular flexibility index (Phi) is 6.74. The van der Waals surface area contributed by atoms with E-state index in [9.17, 15) is 15.6 Å². The molecular weight excluding hydrogens is 428 g/mol. The molecular formula is C26H26N6O2. The Labute approximate surface area is 198 Å². The molecule has 8 nitrogen and oxygen atoms in total. The predicted octanol–water partition coefficient (Wildman–Crippen LogP) is 3.89. The third-order valence-corrected chi connectivity index (χ3v) is 6.14. The van der Waals surface area contributed by atoms with Crippen molar-refractivity contribution >= 4 is 17.3 Å². The van der Waals surface area contributed by atoms with Gasteiger partial charge >= 0.3 is 0 Å². The highest BCUT2D eigenvalue weighted by molar-refractivity contribution is 5.76. The first-order valence-electron chi connectivity index (χ1n) is 11.1. The summed E-state index contributed by atoms with van der Waals surface area (Å²) >= 11 is 0. The average molecular weight is 455 g/mol. The third-order valence-electron chi connectivity index (χ3n) is 6.14. The number of anilines is 3. The predicted molar refractivity (Wildman–Crippen MR) is 130 cm³/mol. The minimum atomic E-state index is -0.472. The molecule has 34 heavy (non-hydrogen) atoms. The summed E-state index contributed by atoms with van der Waals surface area (Å²) in [5, 5.41) is 35.5. The highest BCUT2D eigenvalue weighted by Crippen LogP contribution is 2.41. The zero-order valence-corrected chi connectivity index (χ0v) is 19.2. The van der Waals surface area contributed by atoms with Crippen molar-refractivity contribution in [1.82, 2.24) is 9.97 Å². The van der Waals surface area contributed by atoms with Gasteiger partial charge in [0.05, 0.1) is 35.2 Å². The number of aromatic nitrogens is 2. The smallest absolute Gasteiger partial charge is 0.227 e. The number of aliphatic hydroxyl groups is 1. The molecule has 0 aliphatic carbocycles. The second kappa shape index (κ2) is 9.88. The fourth-order valence-corrected chi connectivity index (χ4v) is 4.15. The van der Waals surface area contributed by atoms with E-state index in [0.717, 1.165) is 40.9 Å². The summed E-state index contributed by atoms with van der Waals surface area (Å²) in [4.78, 5) is 9.05. The van der Waals surface area contributed by atoms with Gasteiger partial charge in [0.15, 0.2) is 0 Å². The number of nitrogens with one attached hydrogen (secondary N) is 2. The van der Waals surface area contributed by atoms with Crippen LogP contribution >= 0.6 is 0 Å². The van der Waals surface area contributed by atoms with Gasteiger partial charge < -0.3 is 20.5 Å². The van der Waals surface area contributed by atoms with Crippen molar-refractivity contribution in [2.45, 2.75) is 25.2 Å². The number of rotatable bonds is 8. The quantitative estimate of drug-likeness (QED) is 0.438. The molecule has 8 heteroatoms. The minimum absolute atomic E-state index is 0.0288. The van der Waals surface area contributed by atoms with E-state index >= 15 is 0 Å². The molecule has 0 saturated carbocycles. The van der Waals surface area contributed by atoms with Crippen LogP contribution < -0.4 is 10.6 Å². The fraction of sp³-hybridized carbons (Fsp3) is 0.308. The van der Waals surface area contributed by atoms with Crippen molar-refractivity contribution in [3.8, 4) is 23.4 Å². The van der Waals surface area contributed by atoms with E-state index in [2.05, 4.69) is 32.7 Å². The molecule has 0 spiro atoms. The molecule has 0 radical (unpaired) electrons. The van der Waals surface area contributed by atoms with Crippen LogP contribution in [0, 0.1) is 22.7 Å². The Bertz CT molecular complexity index is 1290. The Morgan fingerprint density at radius 3 is 2.79 bits per heavy atom. The molecule has 2 heterocycles. The van der Waals surface area contributed by atoms with Gasteiger partial charge in [0.1, 0.15) is 6.07 Å². The van der Waals surface area contributed by atoms with Crippen LogP contribution in [0.25, 0.3) is 11.3 Å². The molecule has 1 aliphatic rings. The van der Waals surface area contributed by atoms with Crippen molar-refractivity contribution < 1.29 is 9.84 Å². The van der Waals surface area contributed by atoms with Crippen LogP contribution in [0.4, 0.5) is 17.3 Å². The summed E-state index contributed by atoms with van der Waals surface area (Å²) in [6, 6.07) is 15.5. The average Bonchev–Trinajstić information content (AvgIpc) is 3.21. The molecule has 1 aliphatic heterocycles. The maximum absolute atomic E-state index is 9.96. The minimum Gasteiger partial charge on any atom is -0.395 e. The highest BCUT2D eigenvalue weighted by atomic mass is 16.5. The number of aliphatic hydroxyl groups excluding tert-OH is 1. The molecule has 1 atom stereocenters. The summed E-state index contributed by atoms with van der Waals surface area (Å²) < 4.78 is 5.16. The molecule has 1 aromatic heterocycles. The van der Waals surface area contributed by atoms with Crippen LogP contribution in [-0.2, 0) is 16.6 Å². The van der Waals surface area contributed by atoms with Crippen LogP contribution in [0.1, 0.15) is 35.6 Å². The second-order valence-corrected chi connectivity index (χ2v) is 8.60. The number of nitrogens with zero attached hydrogens (tertiary/aromatic N) is 4. The first-order chi connectivity index (χ1) is 16.5. The zero-order valence-electron chi connectivity index (χ0n) is 19.2.